The van der Waals surface area contributed by atoms with Gasteiger partial charge < -0.3 is 14.2 Å². The molecule has 0 fully saturated rings. The maximum Gasteiger partial charge on any atom is 0.416 e. The lowest BCUT2D eigenvalue weighted by Gasteiger charge is -1.99. The van der Waals surface area contributed by atoms with E-state index in [1.54, 1.807) is 0 Å². The Hall–Kier alpha value is -0.460. The standard InChI is InChI=1S/CH4O5S/c2-1(3)7(4,5)6/h7H,(H,2,3)(H2,4,5,6). The molecule has 0 rings (SSSR count). The quantitative estimate of drug-likeness (QED) is 0.334. The van der Waals surface area contributed by atoms with Crippen LogP contribution in [0.15, 0.2) is 0 Å². The van der Waals surface area contributed by atoms with Gasteiger partial charge in [0.15, 0.2) is 10.5 Å². The zero-order chi connectivity index (χ0) is 6.08. The summed E-state index contributed by atoms with van der Waals surface area (Å²) in [6.07, 6.45) is 0. The molecule has 0 saturated heterocycles. The third kappa shape index (κ3) is 2.26. The third-order valence-corrected chi connectivity index (χ3v) is 0.748. The summed E-state index contributed by atoms with van der Waals surface area (Å²) < 4.78 is 24.6. The Labute approximate surface area is 40.0 Å². The number of thiol groups is 1. The van der Waals surface area contributed by atoms with Crippen molar-refractivity contribution < 1.29 is 23.2 Å². The number of hydrogen-bond donors (Lipinski definition) is 4. The van der Waals surface area contributed by atoms with Crippen LogP contribution in [0.2, 0.25) is 0 Å². The van der Waals surface area contributed by atoms with Gasteiger partial charge >= 0.3 is 5.30 Å². The summed E-state index contributed by atoms with van der Waals surface area (Å²) in [5, 5.41) is 5.40. The van der Waals surface area contributed by atoms with E-state index in [0.29, 0.717) is 0 Å². The van der Waals surface area contributed by atoms with Gasteiger partial charge in [-0.25, -0.2) is 9.00 Å². The molecule has 5 nitrogen and oxygen atoms in total. The molecular formula is CH4O5S. The SMILES string of the molecule is O=C(O)[SH](=O)(O)O. The summed E-state index contributed by atoms with van der Waals surface area (Å²) in [4.78, 5) is 9.26. The lowest BCUT2D eigenvalue weighted by molar-refractivity contribution is 0.212. The van der Waals surface area contributed by atoms with Gasteiger partial charge in [-0.05, 0) is 0 Å². The fourth-order valence-corrected chi connectivity index (χ4v) is 0. The van der Waals surface area contributed by atoms with E-state index >= 15 is 0 Å². The molecular weight excluding hydrogens is 124 g/mol. The van der Waals surface area contributed by atoms with Crippen LogP contribution in [0.1, 0.15) is 0 Å². The van der Waals surface area contributed by atoms with Crippen LogP contribution >= 0.6 is 0 Å². The number of hydrogen-bond acceptors (Lipinski definition) is 2. The molecule has 6 heteroatoms. The van der Waals surface area contributed by atoms with Gasteiger partial charge in [0.2, 0.25) is 0 Å². The number of carboxylic acid groups (broad SMARTS) is 1. The summed E-state index contributed by atoms with van der Waals surface area (Å²) in [5.74, 6) is 0. The number of carbonyl (C=O) groups is 1. The van der Waals surface area contributed by atoms with Gasteiger partial charge in [0.1, 0.15) is 0 Å². The van der Waals surface area contributed by atoms with Crippen LogP contribution in [-0.2, 0) is 10.5 Å². The molecule has 0 unspecified atom stereocenters. The number of rotatable bonds is 0. The molecule has 0 amide bonds. The zero-order valence-corrected chi connectivity index (χ0v) is 4.00. The first-order valence-electron chi connectivity index (χ1n) is 1.23. The predicted octanol–water partition coefficient (Wildman–Crippen LogP) is -0.373. The minimum atomic E-state index is -4.82. The summed E-state index contributed by atoms with van der Waals surface area (Å²) in [6.45, 7) is 0. The first-order chi connectivity index (χ1) is 2.94. The van der Waals surface area contributed by atoms with E-state index in [2.05, 4.69) is 0 Å². The first-order valence-corrected chi connectivity index (χ1v) is 2.85. The summed E-state index contributed by atoms with van der Waals surface area (Å²) in [5.41, 5.74) is 0. The van der Waals surface area contributed by atoms with Gasteiger partial charge in [0.05, 0.1) is 0 Å². The fraction of sp³-hybridized carbons (Fsp3) is 0. The maximum atomic E-state index is 9.43. The minimum Gasteiger partial charge on any atom is -0.470 e. The normalized spacial score (nSPS) is 13.4. The highest BCUT2D eigenvalue weighted by Gasteiger charge is 2.12. The largest absolute Gasteiger partial charge is 0.470 e. The molecule has 0 aromatic carbocycles. The van der Waals surface area contributed by atoms with Crippen molar-refractivity contribution in [3.8, 4) is 0 Å². The molecule has 44 valence electrons. The van der Waals surface area contributed by atoms with Crippen molar-refractivity contribution in [1.29, 1.82) is 0 Å². The molecule has 0 saturated carbocycles. The van der Waals surface area contributed by atoms with Crippen LogP contribution in [-0.4, -0.2) is 23.7 Å². The lowest BCUT2D eigenvalue weighted by atomic mass is 11.6. The highest BCUT2D eigenvalue weighted by molar-refractivity contribution is 8.06. The van der Waals surface area contributed by atoms with E-state index in [0.717, 1.165) is 0 Å². The Morgan fingerprint density at radius 2 is 1.57 bits per heavy atom. The molecule has 0 aromatic heterocycles. The lowest BCUT2D eigenvalue weighted by Crippen LogP contribution is -2.18. The van der Waals surface area contributed by atoms with Gasteiger partial charge in [-0.2, -0.15) is 0 Å². The average molecular weight is 128 g/mol. The molecule has 7 heavy (non-hydrogen) atoms. The minimum absolute atomic E-state index is 2.09. The monoisotopic (exact) mass is 128 g/mol. The van der Waals surface area contributed by atoms with Crippen molar-refractivity contribution in [2.75, 3.05) is 0 Å². The van der Waals surface area contributed by atoms with E-state index in [4.69, 9.17) is 14.2 Å². The van der Waals surface area contributed by atoms with Gasteiger partial charge in [0, 0.05) is 0 Å². The highest BCUT2D eigenvalue weighted by atomic mass is 32.3. The Bertz CT molecular complexity index is 120. The second-order valence-corrected chi connectivity index (χ2v) is 2.30. The van der Waals surface area contributed by atoms with Crippen LogP contribution in [0, 0.1) is 0 Å². The van der Waals surface area contributed by atoms with Gasteiger partial charge in [-0.3, -0.25) is 0 Å². The zero-order valence-electron chi connectivity index (χ0n) is 3.11. The predicted molar refractivity (Wildman–Crippen MR) is 22.8 cm³/mol. The second-order valence-electron chi connectivity index (χ2n) is 0.827. The van der Waals surface area contributed by atoms with E-state index in [9.17, 15) is 9.00 Å². The molecule has 3 N–H and O–H groups in total. The Morgan fingerprint density at radius 3 is 1.57 bits per heavy atom. The van der Waals surface area contributed by atoms with Crippen molar-refractivity contribution in [3.05, 3.63) is 0 Å². The smallest absolute Gasteiger partial charge is 0.416 e. The van der Waals surface area contributed by atoms with Crippen LogP contribution in [0.25, 0.3) is 0 Å². The fourth-order valence-electron chi connectivity index (χ4n) is 0. The van der Waals surface area contributed by atoms with Crippen molar-refractivity contribution in [2.24, 2.45) is 0 Å². The first kappa shape index (κ1) is 6.54. The van der Waals surface area contributed by atoms with Gasteiger partial charge in [-0.15, -0.1) is 0 Å². The maximum absolute atomic E-state index is 9.43. The molecule has 0 aromatic rings. The van der Waals surface area contributed by atoms with Gasteiger partial charge in [0.25, 0.3) is 0 Å². The topological polar surface area (TPSA) is 94.8 Å². The summed E-state index contributed by atoms with van der Waals surface area (Å²) in [7, 11) is -4.82. The molecule has 0 aliphatic rings. The highest BCUT2D eigenvalue weighted by Crippen LogP contribution is 1.89. The molecule has 0 aliphatic heterocycles. The van der Waals surface area contributed by atoms with Crippen molar-refractivity contribution >= 4 is 15.8 Å². The van der Waals surface area contributed by atoms with Crippen LogP contribution in [0.5, 0.6) is 0 Å². The van der Waals surface area contributed by atoms with E-state index in [1.807, 2.05) is 0 Å². The average Bonchev–Trinajstić information content (AvgIpc) is 1.31. The van der Waals surface area contributed by atoms with Crippen molar-refractivity contribution in [2.45, 2.75) is 0 Å². The van der Waals surface area contributed by atoms with Crippen LogP contribution < -0.4 is 0 Å². The Balaban J connectivity index is 4.09. The van der Waals surface area contributed by atoms with Crippen molar-refractivity contribution in [3.63, 3.8) is 0 Å². The van der Waals surface area contributed by atoms with Crippen LogP contribution in [0.4, 0.5) is 4.79 Å². The van der Waals surface area contributed by atoms with E-state index < -0.39 is 15.8 Å². The Kier molecular flexibility index (Phi) is 1.46. The molecule has 0 atom stereocenters. The summed E-state index contributed by atoms with van der Waals surface area (Å²) in [6, 6.07) is 0. The Morgan fingerprint density at radius 1 is 1.43 bits per heavy atom. The van der Waals surface area contributed by atoms with E-state index in [1.165, 1.54) is 0 Å². The molecule has 0 aliphatic carbocycles. The molecule has 0 bridgehead atoms. The molecule has 0 spiro atoms. The second kappa shape index (κ2) is 1.57. The van der Waals surface area contributed by atoms with Crippen LogP contribution in [0.3, 0.4) is 0 Å². The molecule has 0 heterocycles. The van der Waals surface area contributed by atoms with Gasteiger partial charge in [-0.1, -0.05) is 0 Å². The van der Waals surface area contributed by atoms with E-state index in [-0.39, 0.29) is 0 Å². The molecule has 0 radical (unpaired) electrons. The van der Waals surface area contributed by atoms with Crippen molar-refractivity contribution in [1.82, 2.24) is 0 Å². The third-order valence-electron chi connectivity index (χ3n) is 0.249. The summed E-state index contributed by atoms with van der Waals surface area (Å²) >= 11 is 0.